The Morgan fingerprint density at radius 3 is 2.00 bits per heavy atom. The second-order valence-electron chi connectivity index (χ2n) is 2.81. The normalized spacial score (nSPS) is 13.8. The summed E-state index contributed by atoms with van der Waals surface area (Å²) >= 11 is 0. The molecule has 0 aliphatic rings. The van der Waals surface area contributed by atoms with Crippen molar-refractivity contribution in [1.29, 1.82) is 0 Å². The molecule has 0 heterocycles. The zero-order chi connectivity index (χ0) is 11.0. The monoisotopic (exact) mass is 196 g/mol. The smallest absolute Gasteiger partial charge is 0.108 e. The van der Waals surface area contributed by atoms with E-state index in [1.807, 2.05) is 44.2 Å². The second kappa shape index (κ2) is 7.54. The molecule has 0 radical (unpaired) electrons. The maximum absolute atomic E-state index is 9.34. The molecule has 0 aliphatic heterocycles. The van der Waals surface area contributed by atoms with Crippen molar-refractivity contribution in [3.05, 3.63) is 35.9 Å². The topological polar surface area (TPSA) is 29.5 Å². The first-order chi connectivity index (χ1) is 6.75. The van der Waals surface area contributed by atoms with Crippen molar-refractivity contribution in [3.63, 3.8) is 0 Å². The number of ether oxygens (including phenoxy) is 1. The van der Waals surface area contributed by atoms with Gasteiger partial charge in [-0.2, -0.15) is 0 Å². The van der Waals surface area contributed by atoms with Crippen LogP contribution in [-0.4, -0.2) is 18.3 Å². The molecular weight excluding hydrogens is 176 g/mol. The first-order valence-electron chi connectivity index (χ1n) is 5.01. The van der Waals surface area contributed by atoms with E-state index < -0.39 is 6.10 Å². The van der Waals surface area contributed by atoms with Crippen LogP contribution >= 0.6 is 0 Å². The molecule has 14 heavy (non-hydrogen) atoms. The minimum absolute atomic E-state index is 0.216. The molecule has 0 aromatic heterocycles. The Morgan fingerprint density at radius 1 is 1.14 bits per heavy atom. The van der Waals surface area contributed by atoms with Gasteiger partial charge >= 0.3 is 0 Å². The molecule has 80 valence electrons. The van der Waals surface area contributed by atoms with Crippen LogP contribution in [-0.2, 0) is 4.74 Å². The SMILES string of the molecule is CC.COC(c1ccccc1)C(C)O. The third-order valence-electron chi connectivity index (χ3n) is 1.82. The summed E-state index contributed by atoms with van der Waals surface area (Å²) in [4.78, 5) is 0. The molecule has 0 amide bonds. The van der Waals surface area contributed by atoms with Crippen LogP contribution < -0.4 is 0 Å². The number of hydrogen-bond donors (Lipinski definition) is 1. The first kappa shape index (κ1) is 13.1. The van der Waals surface area contributed by atoms with Gasteiger partial charge in [-0.25, -0.2) is 0 Å². The molecule has 2 nitrogen and oxygen atoms in total. The van der Waals surface area contributed by atoms with Crippen molar-refractivity contribution in [2.45, 2.75) is 33.0 Å². The van der Waals surface area contributed by atoms with E-state index in [9.17, 15) is 5.11 Å². The molecule has 0 aliphatic carbocycles. The van der Waals surface area contributed by atoms with Crippen LogP contribution in [0.5, 0.6) is 0 Å². The van der Waals surface area contributed by atoms with E-state index in [2.05, 4.69) is 0 Å². The minimum atomic E-state index is -0.475. The highest BCUT2D eigenvalue weighted by molar-refractivity contribution is 5.18. The Morgan fingerprint density at radius 2 is 1.64 bits per heavy atom. The first-order valence-corrected chi connectivity index (χ1v) is 5.01. The molecule has 0 spiro atoms. The summed E-state index contributed by atoms with van der Waals surface area (Å²) < 4.78 is 5.15. The standard InChI is InChI=1S/C10H14O2.C2H6/c1-8(11)10(12-2)9-6-4-3-5-7-9;1-2/h3-8,10-11H,1-2H3;1-2H3. The van der Waals surface area contributed by atoms with Crippen LogP contribution in [0.25, 0.3) is 0 Å². The largest absolute Gasteiger partial charge is 0.390 e. The summed E-state index contributed by atoms with van der Waals surface area (Å²) in [5, 5.41) is 9.34. The lowest BCUT2D eigenvalue weighted by Crippen LogP contribution is -2.16. The number of aliphatic hydroxyl groups excluding tert-OH is 1. The average Bonchev–Trinajstić information content (AvgIpc) is 2.23. The van der Waals surface area contributed by atoms with E-state index in [1.54, 1.807) is 14.0 Å². The quantitative estimate of drug-likeness (QED) is 0.805. The number of rotatable bonds is 3. The fourth-order valence-electron chi connectivity index (χ4n) is 1.25. The molecule has 2 unspecified atom stereocenters. The van der Waals surface area contributed by atoms with Crippen molar-refractivity contribution in [3.8, 4) is 0 Å². The lowest BCUT2D eigenvalue weighted by Gasteiger charge is -2.18. The molecule has 0 saturated carbocycles. The van der Waals surface area contributed by atoms with E-state index in [-0.39, 0.29) is 6.10 Å². The Hall–Kier alpha value is -0.860. The molecular formula is C12H20O2. The Balaban J connectivity index is 0.000000791. The molecule has 0 saturated heterocycles. The van der Waals surface area contributed by atoms with Gasteiger partial charge in [-0.15, -0.1) is 0 Å². The van der Waals surface area contributed by atoms with Crippen molar-refractivity contribution in [2.24, 2.45) is 0 Å². The Kier molecular flexibility index (Phi) is 7.07. The second-order valence-corrected chi connectivity index (χ2v) is 2.81. The van der Waals surface area contributed by atoms with E-state index in [0.29, 0.717) is 0 Å². The predicted octanol–water partition coefficient (Wildman–Crippen LogP) is 2.78. The van der Waals surface area contributed by atoms with E-state index in [1.165, 1.54) is 0 Å². The van der Waals surface area contributed by atoms with E-state index in [4.69, 9.17) is 4.74 Å². The maximum atomic E-state index is 9.34. The van der Waals surface area contributed by atoms with Crippen molar-refractivity contribution in [2.75, 3.05) is 7.11 Å². The van der Waals surface area contributed by atoms with Crippen molar-refractivity contribution in [1.82, 2.24) is 0 Å². The highest BCUT2D eigenvalue weighted by Gasteiger charge is 2.15. The molecule has 0 fully saturated rings. The highest BCUT2D eigenvalue weighted by Crippen LogP contribution is 2.19. The van der Waals surface area contributed by atoms with Gasteiger partial charge in [-0.05, 0) is 12.5 Å². The third-order valence-corrected chi connectivity index (χ3v) is 1.82. The maximum Gasteiger partial charge on any atom is 0.108 e. The minimum Gasteiger partial charge on any atom is -0.390 e. The summed E-state index contributed by atoms with van der Waals surface area (Å²) in [6.07, 6.45) is -0.691. The summed E-state index contributed by atoms with van der Waals surface area (Å²) in [6, 6.07) is 9.70. The van der Waals surface area contributed by atoms with Gasteiger partial charge in [0.25, 0.3) is 0 Å². The number of aliphatic hydroxyl groups is 1. The molecule has 1 rings (SSSR count). The van der Waals surface area contributed by atoms with Gasteiger partial charge in [0.15, 0.2) is 0 Å². The molecule has 2 atom stereocenters. The van der Waals surface area contributed by atoms with Crippen LogP contribution in [0.1, 0.15) is 32.4 Å². The fraction of sp³-hybridized carbons (Fsp3) is 0.500. The van der Waals surface area contributed by atoms with E-state index >= 15 is 0 Å². The molecule has 1 aromatic carbocycles. The van der Waals surface area contributed by atoms with Gasteiger partial charge in [-0.1, -0.05) is 44.2 Å². The molecule has 0 bridgehead atoms. The lowest BCUT2D eigenvalue weighted by molar-refractivity contribution is -0.00347. The van der Waals surface area contributed by atoms with Gasteiger partial charge in [-0.3, -0.25) is 0 Å². The van der Waals surface area contributed by atoms with Crippen LogP contribution in [0.2, 0.25) is 0 Å². The van der Waals surface area contributed by atoms with Gasteiger partial charge in [0.1, 0.15) is 6.10 Å². The zero-order valence-corrected chi connectivity index (χ0v) is 9.40. The summed E-state index contributed by atoms with van der Waals surface area (Å²) in [5.74, 6) is 0. The summed E-state index contributed by atoms with van der Waals surface area (Å²) in [5.41, 5.74) is 1.01. The van der Waals surface area contributed by atoms with E-state index in [0.717, 1.165) is 5.56 Å². The lowest BCUT2D eigenvalue weighted by atomic mass is 10.1. The average molecular weight is 196 g/mol. The molecule has 2 heteroatoms. The van der Waals surface area contributed by atoms with Gasteiger partial charge in [0.2, 0.25) is 0 Å². The zero-order valence-electron chi connectivity index (χ0n) is 9.40. The van der Waals surface area contributed by atoms with Gasteiger partial charge < -0.3 is 9.84 Å². The van der Waals surface area contributed by atoms with Crippen LogP contribution in [0.3, 0.4) is 0 Å². The van der Waals surface area contributed by atoms with Gasteiger partial charge in [0, 0.05) is 7.11 Å². The number of methoxy groups -OCH3 is 1. The Labute approximate surface area is 86.5 Å². The Bertz CT molecular complexity index is 219. The number of hydrogen-bond acceptors (Lipinski definition) is 2. The summed E-state index contributed by atoms with van der Waals surface area (Å²) in [6.45, 7) is 5.72. The van der Waals surface area contributed by atoms with Gasteiger partial charge in [0.05, 0.1) is 6.10 Å². The van der Waals surface area contributed by atoms with Crippen molar-refractivity contribution >= 4 is 0 Å². The van der Waals surface area contributed by atoms with Crippen LogP contribution in [0.4, 0.5) is 0 Å². The fourth-order valence-corrected chi connectivity index (χ4v) is 1.25. The third kappa shape index (κ3) is 3.90. The van der Waals surface area contributed by atoms with Crippen LogP contribution in [0, 0.1) is 0 Å². The van der Waals surface area contributed by atoms with Crippen molar-refractivity contribution < 1.29 is 9.84 Å². The molecule has 1 N–H and O–H groups in total. The summed E-state index contributed by atoms with van der Waals surface area (Å²) in [7, 11) is 1.60. The predicted molar refractivity (Wildman–Crippen MR) is 59.2 cm³/mol. The highest BCUT2D eigenvalue weighted by atomic mass is 16.5. The molecule has 1 aromatic rings. The number of benzene rings is 1. The van der Waals surface area contributed by atoms with Crippen LogP contribution in [0.15, 0.2) is 30.3 Å².